The number of pyridine rings is 1. The standard InChI is InChI=1S/C27H35F3N4O3/c1-17-18(2)24(37-16-21(35)14-31-3)9-8-22(17)23-6-4-5-20-15-33(11-12-34(20)23)26(36)19-7-10-25(32-13-19)27(28,29)30/h7-10,13,20-21,23,31,35H,4-6,11-12,14-16H2,1-3H3/t20-,21-,23+/m0/s1. The molecule has 0 radical (unpaired) electrons. The SMILES string of the molecule is CNC[C@H](O)COc1ccc([C@H]2CCC[C@H]3CN(C(=O)c4ccc(C(F)(F)F)nc4)CCN32)c(C)c1C. The average Bonchev–Trinajstić information content (AvgIpc) is 2.88. The quantitative estimate of drug-likeness (QED) is 0.580. The molecule has 1 aromatic carbocycles. The number of alkyl halides is 3. The normalized spacial score (nSPS) is 21.4. The van der Waals surface area contributed by atoms with Crippen molar-refractivity contribution in [3.63, 3.8) is 0 Å². The van der Waals surface area contributed by atoms with Crippen molar-refractivity contribution >= 4 is 5.91 Å². The first-order valence-electron chi connectivity index (χ1n) is 12.7. The van der Waals surface area contributed by atoms with Gasteiger partial charge in [0.1, 0.15) is 24.2 Å². The number of aliphatic hydroxyl groups is 1. The van der Waals surface area contributed by atoms with Gasteiger partial charge in [-0.1, -0.05) is 6.07 Å². The van der Waals surface area contributed by atoms with E-state index in [1.165, 1.54) is 17.2 Å². The first-order chi connectivity index (χ1) is 17.6. The maximum atomic E-state index is 13.0. The molecule has 2 fully saturated rings. The van der Waals surface area contributed by atoms with Crippen LogP contribution in [-0.4, -0.2) is 77.8 Å². The van der Waals surface area contributed by atoms with Crippen LogP contribution in [-0.2, 0) is 6.18 Å². The third kappa shape index (κ3) is 6.08. The molecule has 10 heteroatoms. The molecule has 0 aliphatic carbocycles. The topological polar surface area (TPSA) is 77.9 Å². The number of aromatic nitrogens is 1. The Morgan fingerprint density at radius 1 is 1.19 bits per heavy atom. The van der Waals surface area contributed by atoms with Crippen LogP contribution in [0.5, 0.6) is 5.75 Å². The van der Waals surface area contributed by atoms with Gasteiger partial charge in [0, 0.05) is 44.5 Å². The molecular formula is C27H35F3N4O3. The molecule has 0 bridgehead atoms. The van der Waals surface area contributed by atoms with Crippen LogP contribution >= 0.6 is 0 Å². The lowest BCUT2D eigenvalue weighted by Gasteiger charge is -2.48. The van der Waals surface area contributed by atoms with Gasteiger partial charge in [0.15, 0.2) is 0 Å². The van der Waals surface area contributed by atoms with Crippen LogP contribution in [0.4, 0.5) is 13.2 Å². The molecule has 2 aliphatic heterocycles. The van der Waals surface area contributed by atoms with E-state index in [1.54, 1.807) is 11.9 Å². The highest BCUT2D eigenvalue weighted by atomic mass is 19.4. The zero-order chi connectivity index (χ0) is 26.7. The number of fused-ring (bicyclic) bond motifs is 1. The summed E-state index contributed by atoms with van der Waals surface area (Å²) in [6.45, 7) is 6.56. The number of carbonyl (C=O) groups is 1. The summed E-state index contributed by atoms with van der Waals surface area (Å²) in [6.07, 6.45) is -1.07. The third-order valence-electron chi connectivity index (χ3n) is 7.54. The minimum absolute atomic E-state index is 0.177. The van der Waals surface area contributed by atoms with Crippen LogP contribution < -0.4 is 10.1 Å². The van der Waals surface area contributed by atoms with Crippen molar-refractivity contribution in [3.05, 3.63) is 58.4 Å². The predicted octanol–water partition coefficient (Wildman–Crippen LogP) is 3.73. The van der Waals surface area contributed by atoms with E-state index in [2.05, 4.69) is 28.2 Å². The van der Waals surface area contributed by atoms with Crippen molar-refractivity contribution in [2.24, 2.45) is 0 Å². The van der Waals surface area contributed by atoms with Gasteiger partial charge in [-0.05, 0) is 75.0 Å². The van der Waals surface area contributed by atoms with Crippen LogP contribution in [0.1, 0.15) is 58.0 Å². The van der Waals surface area contributed by atoms with E-state index in [4.69, 9.17) is 4.74 Å². The number of likely N-dealkylation sites (N-methyl/N-ethyl adjacent to an activating group) is 1. The van der Waals surface area contributed by atoms with Crippen molar-refractivity contribution in [1.82, 2.24) is 20.1 Å². The summed E-state index contributed by atoms with van der Waals surface area (Å²) in [5.41, 5.74) is 2.65. The highest BCUT2D eigenvalue weighted by Crippen LogP contribution is 2.39. The molecule has 3 atom stereocenters. The number of nitrogens with zero attached hydrogens (tertiary/aromatic N) is 3. The van der Waals surface area contributed by atoms with Gasteiger partial charge in [0.25, 0.3) is 5.91 Å². The molecule has 2 aromatic rings. The van der Waals surface area contributed by atoms with Crippen molar-refractivity contribution in [2.75, 3.05) is 39.8 Å². The molecule has 2 N–H and O–H groups in total. The van der Waals surface area contributed by atoms with Gasteiger partial charge in [-0.3, -0.25) is 14.7 Å². The van der Waals surface area contributed by atoms with Gasteiger partial charge in [0.05, 0.1) is 5.56 Å². The van der Waals surface area contributed by atoms with Crippen molar-refractivity contribution in [2.45, 2.75) is 57.5 Å². The molecule has 0 unspecified atom stereocenters. The number of ether oxygens (including phenoxy) is 1. The number of aliphatic hydroxyl groups excluding tert-OH is 1. The van der Waals surface area contributed by atoms with Crippen LogP contribution in [0.25, 0.3) is 0 Å². The molecular weight excluding hydrogens is 485 g/mol. The third-order valence-corrected chi connectivity index (χ3v) is 7.54. The van der Waals surface area contributed by atoms with Crippen LogP contribution in [0.2, 0.25) is 0 Å². The molecule has 7 nitrogen and oxygen atoms in total. The van der Waals surface area contributed by atoms with E-state index >= 15 is 0 Å². The van der Waals surface area contributed by atoms with E-state index in [-0.39, 0.29) is 30.2 Å². The molecule has 202 valence electrons. The summed E-state index contributed by atoms with van der Waals surface area (Å²) >= 11 is 0. The molecule has 4 rings (SSSR count). The van der Waals surface area contributed by atoms with Crippen LogP contribution in [0.15, 0.2) is 30.5 Å². The van der Waals surface area contributed by atoms with Gasteiger partial charge in [-0.25, -0.2) is 0 Å². The summed E-state index contributed by atoms with van der Waals surface area (Å²) in [4.78, 5) is 20.7. The van der Waals surface area contributed by atoms with Crippen LogP contribution in [0.3, 0.4) is 0 Å². The lowest BCUT2D eigenvalue weighted by Crippen LogP contribution is -2.57. The number of amides is 1. The fourth-order valence-corrected chi connectivity index (χ4v) is 5.45. The number of piperazine rings is 1. The first kappa shape index (κ1) is 27.3. The molecule has 1 aromatic heterocycles. The summed E-state index contributed by atoms with van der Waals surface area (Å²) in [5, 5.41) is 12.9. The Morgan fingerprint density at radius 2 is 1.97 bits per heavy atom. The second-order valence-electron chi connectivity index (χ2n) is 9.94. The van der Waals surface area contributed by atoms with Crippen molar-refractivity contribution < 1.29 is 27.8 Å². The van der Waals surface area contributed by atoms with E-state index in [1.807, 2.05) is 13.0 Å². The summed E-state index contributed by atoms with van der Waals surface area (Å²) in [5.74, 6) is 0.487. The second-order valence-corrected chi connectivity index (χ2v) is 9.94. The number of hydrogen-bond donors (Lipinski definition) is 2. The maximum absolute atomic E-state index is 13.0. The summed E-state index contributed by atoms with van der Waals surface area (Å²) in [6, 6.07) is 6.57. The van der Waals surface area contributed by atoms with E-state index in [9.17, 15) is 23.1 Å². The zero-order valence-corrected chi connectivity index (χ0v) is 21.5. The number of rotatable bonds is 7. The number of halogens is 3. The number of piperidine rings is 1. The molecule has 0 spiro atoms. The van der Waals surface area contributed by atoms with Gasteiger partial charge in [0.2, 0.25) is 0 Å². The predicted molar refractivity (Wildman–Crippen MR) is 134 cm³/mol. The Bertz CT molecular complexity index is 1090. The Balaban J connectivity index is 1.44. The minimum Gasteiger partial charge on any atom is -0.491 e. The minimum atomic E-state index is -4.53. The molecule has 1 amide bonds. The van der Waals surface area contributed by atoms with Gasteiger partial charge >= 0.3 is 6.18 Å². The smallest absolute Gasteiger partial charge is 0.433 e. The van der Waals surface area contributed by atoms with E-state index in [0.29, 0.717) is 26.2 Å². The maximum Gasteiger partial charge on any atom is 0.433 e. The fraction of sp³-hybridized carbons (Fsp3) is 0.556. The Hall–Kier alpha value is -2.69. The number of benzene rings is 1. The molecule has 37 heavy (non-hydrogen) atoms. The highest BCUT2D eigenvalue weighted by molar-refractivity contribution is 5.94. The largest absolute Gasteiger partial charge is 0.491 e. The molecule has 2 saturated heterocycles. The van der Waals surface area contributed by atoms with Crippen molar-refractivity contribution in [1.29, 1.82) is 0 Å². The van der Waals surface area contributed by atoms with Crippen LogP contribution in [0, 0.1) is 13.8 Å². The number of carbonyl (C=O) groups excluding carboxylic acids is 1. The summed E-state index contributed by atoms with van der Waals surface area (Å²) in [7, 11) is 1.78. The number of hydrogen-bond acceptors (Lipinski definition) is 6. The van der Waals surface area contributed by atoms with Crippen molar-refractivity contribution in [3.8, 4) is 5.75 Å². The second kappa shape index (κ2) is 11.4. The van der Waals surface area contributed by atoms with E-state index in [0.717, 1.165) is 42.8 Å². The summed E-state index contributed by atoms with van der Waals surface area (Å²) < 4.78 is 44.4. The fourth-order valence-electron chi connectivity index (χ4n) is 5.45. The van der Waals surface area contributed by atoms with Gasteiger partial charge in [-0.2, -0.15) is 13.2 Å². The average molecular weight is 521 g/mol. The highest BCUT2D eigenvalue weighted by Gasteiger charge is 2.38. The Labute approximate surface area is 215 Å². The lowest BCUT2D eigenvalue weighted by atomic mass is 9.86. The first-order valence-corrected chi connectivity index (χ1v) is 12.7. The zero-order valence-electron chi connectivity index (χ0n) is 21.5. The Kier molecular flexibility index (Phi) is 8.40. The Morgan fingerprint density at radius 3 is 2.65 bits per heavy atom. The van der Waals surface area contributed by atoms with Gasteiger partial charge in [-0.15, -0.1) is 0 Å². The number of nitrogens with one attached hydrogen (secondary N) is 1. The molecule has 0 saturated carbocycles. The van der Waals surface area contributed by atoms with Gasteiger partial charge < -0.3 is 20.1 Å². The molecule has 2 aliphatic rings. The lowest BCUT2D eigenvalue weighted by molar-refractivity contribution is -0.141. The van der Waals surface area contributed by atoms with E-state index < -0.39 is 18.0 Å². The monoisotopic (exact) mass is 520 g/mol. The molecule has 3 heterocycles.